The number of benzene rings is 2. The molecule has 1 aromatic heterocycles. The van der Waals surface area contributed by atoms with Gasteiger partial charge in [0.05, 0.1) is 12.3 Å². The molecule has 0 radical (unpaired) electrons. The normalized spacial score (nSPS) is 12.2. The van der Waals surface area contributed by atoms with Crippen LogP contribution in [0.15, 0.2) is 54.7 Å². The van der Waals surface area contributed by atoms with Crippen LogP contribution in [0.4, 0.5) is 11.5 Å². The largest absolute Gasteiger partial charge is 0.399 e. The number of hydrogen-bond acceptors (Lipinski definition) is 5. The van der Waals surface area contributed by atoms with E-state index in [2.05, 4.69) is 15.5 Å². The van der Waals surface area contributed by atoms with Crippen molar-refractivity contribution in [2.45, 2.75) is 6.10 Å². The van der Waals surface area contributed by atoms with Gasteiger partial charge in [0.2, 0.25) is 0 Å². The maximum atomic E-state index is 10.2. The van der Waals surface area contributed by atoms with E-state index >= 15 is 0 Å². The number of nitrogens with two attached hydrogens (primary N) is 1. The Morgan fingerprint density at radius 1 is 1.10 bits per heavy atom. The number of fused-ring (bicyclic) bond motifs is 1. The molecule has 2 aromatic carbocycles. The average molecular weight is 280 g/mol. The van der Waals surface area contributed by atoms with E-state index in [4.69, 9.17) is 5.73 Å². The molecule has 0 saturated carbocycles. The van der Waals surface area contributed by atoms with E-state index in [-0.39, 0.29) is 0 Å². The highest BCUT2D eigenvalue weighted by atomic mass is 16.3. The summed E-state index contributed by atoms with van der Waals surface area (Å²) in [4.78, 5) is 0. The third-order valence-electron chi connectivity index (χ3n) is 3.35. The molecule has 0 aliphatic rings. The van der Waals surface area contributed by atoms with Crippen molar-refractivity contribution in [1.29, 1.82) is 0 Å². The Bertz CT molecular complexity index is 737. The van der Waals surface area contributed by atoms with Crippen molar-refractivity contribution in [3.63, 3.8) is 0 Å². The number of anilines is 2. The van der Waals surface area contributed by atoms with Crippen LogP contribution >= 0.6 is 0 Å². The van der Waals surface area contributed by atoms with Crippen LogP contribution in [0.25, 0.3) is 10.8 Å². The SMILES string of the molecule is Nc1ccc(C(O)CNc2nncc3ccccc23)cc1. The molecule has 0 bridgehead atoms. The van der Waals surface area contributed by atoms with Crippen molar-refractivity contribution in [1.82, 2.24) is 10.2 Å². The number of hydrogen-bond donors (Lipinski definition) is 3. The van der Waals surface area contributed by atoms with Gasteiger partial charge in [-0.15, -0.1) is 5.10 Å². The van der Waals surface area contributed by atoms with Crippen molar-refractivity contribution < 1.29 is 5.11 Å². The Balaban J connectivity index is 1.76. The molecule has 3 aromatic rings. The van der Waals surface area contributed by atoms with E-state index in [0.29, 0.717) is 18.1 Å². The lowest BCUT2D eigenvalue weighted by atomic mass is 10.1. The molecule has 0 amide bonds. The average Bonchev–Trinajstić information content (AvgIpc) is 2.53. The minimum Gasteiger partial charge on any atom is -0.399 e. The summed E-state index contributed by atoms with van der Waals surface area (Å²) in [6, 6.07) is 15.0. The predicted molar refractivity (Wildman–Crippen MR) is 83.8 cm³/mol. The molecule has 0 fully saturated rings. The smallest absolute Gasteiger partial charge is 0.156 e. The van der Waals surface area contributed by atoms with Gasteiger partial charge in [0.15, 0.2) is 5.82 Å². The number of aliphatic hydroxyl groups excluding tert-OH is 1. The maximum Gasteiger partial charge on any atom is 0.156 e. The van der Waals surface area contributed by atoms with E-state index in [1.807, 2.05) is 36.4 Å². The minimum atomic E-state index is -0.633. The fraction of sp³-hybridized carbons (Fsp3) is 0.125. The molecule has 0 aliphatic carbocycles. The van der Waals surface area contributed by atoms with Gasteiger partial charge in [-0.05, 0) is 17.7 Å². The number of nitrogen functional groups attached to an aromatic ring is 1. The highest BCUT2D eigenvalue weighted by molar-refractivity contribution is 5.90. The van der Waals surface area contributed by atoms with Gasteiger partial charge in [0, 0.05) is 23.0 Å². The summed E-state index contributed by atoms with van der Waals surface area (Å²) in [7, 11) is 0. The monoisotopic (exact) mass is 280 g/mol. The van der Waals surface area contributed by atoms with Crippen LogP contribution in [-0.4, -0.2) is 21.8 Å². The first kappa shape index (κ1) is 13.3. The Morgan fingerprint density at radius 3 is 2.67 bits per heavy atom. The summed E-state index contributed by atoms with van der Waals surface area (Å²) < 4.78 is 0. The van der Waals surface area contributed by atoms with Crippen molar-refractivity contribution in [2.24, 2.45) is 0 Å². The highest BCUT2D eigenvalue weighted by Crippen LogP contribution is 2.21. The van der Waals surface area contributed by atoms with E-state index in [1.54, 1.807) is 18.3 Å². The first-order chi connectivity index (χ1) is 10.2. The van der Waals surface area contributed by atoms with Gasteiger partial charge in [-0.1, -0.05) is 36.4 Å². The zero-order chi connectivity index (χ0) is 14.7. The van der Waals surface area contributed by atoms with E-state index in [1.165, 1.54) is 0 Å². The predicted octanol–water partition coefficient (Wildman–Crippen LogP) is 2.36. The van der Waals surface area contributed by atoms with Gasteiger partial charge in [-0.25, -0.2) is 0 Å². The molecule has 1 atom stereocenters. The summed E-state index contributed by atoms with van der Waals surface area (Å²) in [6.45, 7) is 0.354. The highest BCUT2D eigenvalue weighted by Gasteiger charge is 2.09. The fourth-order valence-corrected chi connectivity index (χ4v) is 2.19. The van der Waals surface area contributed by atoms with Crippen molar-refractivity contribution in [3.05, 3.63) is 60.3 Å². The maximum absolute atomic E-state index is 10.2. The molecule has 21 heavy (non-hydrogen) atoms. The first-order valence-corrected chi connectivity index (χ1v) is 6.72. The summed E-state index contributed by atoms with van der Waals surface area (Å²) in [5, 5.41) is 23.4. The van der Waals surface area contributed by atoms with Crippen LogP contribution < -0.4 is 11.1 Å². The quantitative estimate of drug-likeness (QED) is 0.639. The standard InChI is InChI=1S/C16H16N4O/c17-13-7-5-11(6-8-13)15(21)10-18-16-14-4-2-1-3-12(14)9-19-20-16/h1-9,15,21H,10,17H2,(H,18,20). The molecule has 0 aliphatic heterocycles. The Hall–Kier alpha value is -2.66. The van der Waals surface area contributed by atoms with Crippen molar-refractivity contribution >= 4 is 22.3 Å². The molecular weight excluding hydrogens is 264 g/mol. The molecule has 0 saturated heterocycles. The lowest BCUT2D eigenvalue weighted by Crippen LogP contribution is -2.13. The molecule has 4 N–H and O–H groups in total. The summed E-state index contributed by atoms with van der Waals surface area (Å²) in [6.07, 6.45) is 1.09. The number of rotatable bonds is 4. The van der Waals surface area contributed by atoms with Crippen LogP contribution in [0.3, 0.4) is 0 Å². The minimum absolute atomic E-state index is 0.354. The van der Waals surface area contributed by atoms with E-state index in [0.717, 1.165) is 16.3 Å². The van der Waals surface area contributed by atoms with Gasteiger partial charge in [-0.3, -0.25) is 0 Å². The third kappa shape index (κ3) is 2.93. The Kier molecular flexibility index (Phi) is 3.66. The van der Waals surface area contributed by atoms with Crippen molar-refractivity contribution in [2.75, 3.05) is 17.6 Å². The second-order valence-corrected chi connectivity index (χ2v) is 4.84. The second kappa shape index (κ2) is 5.76. The summed E-state index contributed by atoms with van der Waals surface area (Å²) in [5.41, 5.74) is 7.13. The lowest BCUT2D eigenvalue weighted by Gasteiger charge is -2.13. The topological polar surface area (TPSA) is 84.1 Å². The van der Waals surface area contributed by atoms with E-state index in [9.17, 15) is 5.11 Å². The van der Waals surface area contributed by atoms with Gasteiger partial charge in [0.25, 0.3) is 0 Å². The first-order valence-electron chi connectivity index (χ1n) is 6.72. The van der Waals surface area contributed by atoms with Gasteiger partial charge in [-0.2, -0.15) is 5.10 Å². The van der Waals surface area contributed by atoms with Crippen LogP contribution in [0, 0.1) is 0 Å². The lowest BCUT2D eigenvalue weighted by molar-refractivity contribution is 0.191. The molecule has 3 rings (SSSR count). The molecule has 5 heteroatoms. The van der Waals surface area contributed by atoms with Gasteiger partial charge in [0.1, 0.15) is 0 Å². The van der Waals surface area contributed by atoms with Crippen LogP contribution in [0.2, 0.25) is 0 Å². The number of nitrogens with zero attached hydrogens (tertiary/aromatic N) is 2. The molecule has 1 unspecified atom stereocenters. The molecule has 1 heterocycles. The molecule has 106 valence electrons. The van der Waals surface area contributed by atoms with Gasteiger partial charge < -0.3 is 16.2 Å². The Labute approximate surface area is 122 Å². The number of nitrogens with one attached hydrogen (secondary N) is 1. The number of aromatic nitrogens is 2. The number of aliphatic hydroxyl groups is 1. The van der Waals surface area contributed by atoms with E-state index < -0.39 is 6.10 Å². The van der Waals surface area contributed by atoms with Crippen LogP contribution in [0.5, 0.6) is 0 Å². The van der Waals surface area contributed by atoms with Crippen molar-refractivity contribution in [3.8, 4) is 0 Å². The van der Waals surface area contributed by atoms with Crippen LogP contribution in [0.1, 0.15) is 11.7 Å². The fourth-order valence-electron chi connectivity index (χ4n) is 2.19. The molecule has 0 spiro atoms. The Morgan fingerprint density at radius 2 is 1.86 bits per heavy atom. The molecular formula is C16H16N4O. The third-order valence-corrected chi connectivity index (χ3v) is 3.35. The van der Waals surface area contributed by atoms with Gasteiger partial charge >= 0.3 is 0 Å². The molecule has 5 nitrogen and oxygen atoms in total. The van der Waals surface area contributed by atoms with Crippen LogP contribution in [-0.2, 0) is 0 Å². The second-order valence-electron chi connectivity index (χ2n) is 4.84. The zero-order valence-corrected chi connectivity index (χ0v) is 11.4. The summed E-state index contributed by atoms with van der Waals surface area (Å²) in [5.74, 6) is 0.669. The summed E-state index contributed by atoms with van der Waals surface area (Å²) >= 11 is 0. The zero-order valence-electron chi connectivity index (χ0n) is 11.4.